The second kappa shape index (κ2) is 4.42. The predicted molar refractivity (Wildman–Crippen MR) is 70.5 cm³/mol. The van der Waals surface area contributed by atoms with Gasteiger partial charge in [0.15, 0.2) is 5.13 Å². The zero-order valence-electron chi connectivity index (χ0n) is 9.92. The van der Waals surface area contributed by atoms with E-state index in [1.165, 1.54) is 11.3 Å². The van der Waals surface area contributed by atoms with Crippen molar-refractivity contribution in [3.63, 3.8) is 0 Å². The van der Waals surface area contributed by atoms with Crippen LogP contribution in [0.3, 0.4) is 0 Å². The number of aromatic nitrogens is 1. The predicted octanol–water partition coefficient (Wildman–Crippen LogP) is 2.35. The van der Waals surface area contributed by atoms with E-state index in [-0.39, 0.29) is 5.91 Å². The first-order chi connectivity index (χ1) is 8.79. The maximum absolute atomic E-state index is 12.4. The third kappa shape index (κ3) is 1.76. The first kappa shape index (κ1) is 11.2. The summed E-state index contributed by atoms with van der Waals surface area (Å²) >= 11 is 1.48. The van der Waals surface area contributed by atoms with Gasteiger partial charge in [-0.2, -0.15) is 0 Å². The van der Waals surface area contributed by atoms with Crippen LogP contribution in [-0.4, -0.2) is 24.5 Å². The van der Waals surface area contributed by atoms with Gasteiger partial charge >= 0.3 is 0 Å². The summed E-state index contributed by atoms with van der Waals surface area (Å²) in [6.45, 7) is 0.673. The molecule has 0 N–H and O–H groups in total. The summed E-state index contributed by atoms with van der Waals surface area (Å²) in [7, 11) is 1.63. The summed E-state index contributed by atoms with van der Waals surface area (Å²) in [5, 5.41) is 2.65. The lowest BCUT2D eigenvalue weighted by Crippen LogP contribution is -2.37. The largest absolute Gasteiger partial charge is 0.497 e. The number of benzene rings is 1. The van der Waals surface area contributed by atoms with Crippen molar-refractivity contribution in [2.75, 3.05) is 18.6 Å². The SMILES string of the molecule is COc1ccc2c(c1)CCN(c1nccs1)C2=O. The maximum Gasteiger partial charge on any atom is 0.260 e. The molecule has 2 aromatic rings. The van der Waals surface area contributed by atoms with Gasteiger partial charge in [0.2, 0.25) is 0 Å². The van der Waals surface area contributed by atoms with E-state index >= 15 is 0 Å². The van der Waals surface area contributed by atoms with Crippen LogP contribution in [0.1, 0.15) is 15.9 Å². The van der Waals surface area contributed by atoms with Crippen LogP contribution in [0.5, 0.6) is 5.75 Å². The van der Waals surface area contributed by atoms with Crippen molar-refractivity contribution in [2.24, 2.45) is 0 Å². The van der Waals surface area contributed by atoms with E-state index in [0.717, 1.165) is 28.4 Å². The van der Waals surface area contributed by atoms with Gasteiger partial charge in [0.05, 0.1) is 7.11 Å². The third-order valence-electron chi connectivity index (χ3n) is 3.04. The monoisotopic (exact) mass is 260 g/mol. The lowest BCUT2D eigenvalue weighted by Gasteiger charge is -2.26. The number of thiazole rings is 1. The summed E-state index contributed by atoms with van der Waals surface area (Å²) in [5.41, 5.74) is 1.80. The van der Waals surface area contributed by atoms with E-state index in [2.05, 4.69) is 4.98 Å². The molecule has 0 radical (unpaired) electrons. The molecule has 0 aliphatic carbocycles. The van der Waals surface area contributed by atoms with Crippen molar-refractivity contribution >= 4 is 22.4 Å². The molecule has 1 aromatic heterocycles. The van der Waals surface area contributed by atoms with Gasteiger partial charge in [-0.15, -0.1) is 11.3 Å². The number of methoxy groups -OCH3 is 1. The Hall–Kier alpha value is -1.88. The van der Waals surface area contributed by atoms with Crippen molar-refractivity contribution in [2.45, 2.75) is 6.42 Å². The molecule has 1 aliphatic heterocycles. The summed E-state index contributed by atoms with van der Waals surface area (Å²) in [4.78, 5) is 18.3. The number of fused-ring (bicyclic) bond motifs is 1. The average Bonchev–Trinajstić information content (AvgIpc) is 2.92. The summed E-state index contributed by atoms with van der Waals surface area (Å²) in [6.07, 6.45) is 2.55. The quantitative estimate of drug-likeness (QED) is 0.832. The summed E-state index contributed by atoms with van der Waals surface area (Å²) < 4.78 is 5.18. The number of hydrogen-bond acceptors (Lipinski definition) is 4. The second-order valence-electron chi connectivity index (χ2n) is 4.04. The molecule has 1 aliphatic rings. The Bertz CT molecular complexity index is 581. The zero-order chi connectivity index (χ0) is 12.5. The minimum absolute atomic E-state index is 0.0221. The highest BCUT2D eigenvalue weighted by atomic mass is 32.1. The molecule has 5 heteroatoms. The van der Waals surface area contributed by atoms with E-state index in [1.54, 1.807) is 18.2 Å². The number of anilines is 1. The normalized spacial score (nSPS) is 14.5. The molecular weight excluding hydrogens is 248 g/mol. The fraction of sp³-hybridized carbons (Fsp3) is 0.231. The molecule has 1 aromatic carbocycles. The number of rotatable bonds is 2. The van der Waals surface area contributed by atoms with Crippen molar-refractivity contribution in [3.8, 4) is 5.75 Å². The third-order valence-corrected chi connectivity index (χ3v) is 3.84. The van der Waals surface area contributed by atoms with E-state index in [1.807, 2.05) is 23.6 Å². The number of carbonyl (C=O) groups is 1. The lowest BCUT2D eigenvalue weighted by atomic mass is 9.99. The van der Waals surface area contributed by atoms with Crippen LogP contribution in [0.15, 0.2) is 29.8 Å². The molecule has 92 valence electrons. The Morgan fingerprint density at radius 3 is 3.06 bits per heavy atom. The Morgan fingerprint density at radius 2 is 2.33 bits per heavy atom. The topological polar surface area (TPSA) is 42.4 Å². The van der Waals surface area contributed by atoms with Gasteiger partial charge < -0.3 is 4.74 Å². The molecule has 2 heterocycles. The van der Waals surface area contributed by atoms with Gasteiger partial charge in [0.1, 0.15) is 5.75 Å². The van der Waals surface area contributed by atoms with Gasteiger partial charge in [-0.1, -0.05) is 0 Å². The van der Waals surface area contributed by atoms with E-state index < -0.39 is 0 Å². The molecule has 4 nitrogen and oxygen atoms in total. The zero-order valence-corrected chi connectivity index (χ0v) is 10.7. The van der Waals surface area contributed by atoms with E-state index in [9.17, 15) is 4.79 Å². The van der Waals surface area contributed by atoms with Crippen LogP contribution in [0.2, 0.25) is 0 Å². The van der Waals surface area contributed by atoms with E-state index in [4.69, 9.17) is 4.74 Å². The van der Waals surface area contributed by atoms with Gasteiger partial charge in [-0.25, -0.2) is 4.98 Å². The van der Waals surface area contributed by atoms with Gasteiger partial charge in [-0.3, -0.25) is 9.69 Å². The maximum atomic E-state index is 12.4. The van der Waals surface area contributed by atoms with Crippen molar-refractivity contribution < 1.29 is 9.53 Å². The fourth-order valence-corrected chi connectivity index (χ4v) is 2.79. The van der Waals surface area contributed by atoms with Crippen LogP contribution >= 0.6 is 11.3 Å². The molecular formula is C13H12N2O2S. The van der Waals surface area contributed by atoms with Crippen molar-refractivity contribution in [1.29, 1.82) is 0 Å². The molecule has 0 saturated carbocycles. The Kier molecular flexibility index (Phi) is 2.76. The van der Waals surface area contributed by atoms with Crippen LogP contribution in [-0.2, 0) is 6.42 Å². The highest BCUT2D eigenvalue weighted by Gasteiger charge is 2.26. The van der Waals surface area contributed by atoms with Crippen LogP contribution in [0.4, 0.5) is 5.13 Å². The van der Waals surface area contributed by atoms with Gasteiger partial charge in [0.25, 0.3) is 5.91 Å². The molecule has 3 rings (SSSR count). The molecule has 0 spiro atoms. The molecule has 0 saturated heterocycles. The van der Waals surface area contributed by atoms with Gasteiger partial charge in [0, 0.05) is 23.7 Å². The second-order valence-corrected chi connectivity index (χ2v) is 4.92. The Labute approximate surface area is 109 Å². The first-order valence-electron chi connectivity index (χ1n) is 5.68. The lowest BCUT2D eigenvalue weighted by molar-refractivity contribution is 0.0980. The highest BCUT2D eigenvalue weighted by molar-refractivity contribution is 7.13. The average molecular weight is 260 g/mol. The van der Waals surface area contributed by atoms with Gasteiger partial charge in [-0.05, 0) is 30.2 Å². The molecule has 0 fully saturated rings. The number of hydrogen-bond donors (Lipinski definition) is 0. The number of amides is 1. The first-order valence-corrected chi connectivity index (χ1v) is 6.56. The number of carbonyl (C=O) groups excluding carboxylic acids is 1. The van der Waals surface area contributed by atoms with Crippen LogP contribution in [0.25, 0.3) is 0 Å². The summed E-state index contributed by atoms with van der Waals surface area (Å²) in [5.74, 6) is 0.818. The number of ether oxygens (including phenoxy) is 1. The molecule has 18 heavy (non-hydrogen) atoms. The minimum atomic E-state index is 0.0221. The van der Waals surface area contributed by atoms with E-state index in [0.29, 0.717) is 6.54 Å². The summed E-state index contributed by atoms with van der Waals surface area (Å²) in [6, 6.07) is 5.59. The van der Waals surface area contributed by atoms with Crippen LogP contribution in [0, 0.1) is 0 Å². The van der Waals surface area contributed by atoms with Crippen LogP contribution < -0.4 is 9.64 Å². The smallest absolute Gasteiger partial charge is 0.260 e. The molecule has 0 bridgehead atoms. The Balaban J connectivity index is 1.97. The number of nitrogens with zero attached hydrogens (tertiary/aromatic N) is 2. The molecule has 0 unspecified atom stereocenters. The fourth-order valence-electron chi connectivity index (χ4n) is 2.12. The highest BCUT2D eigenvalue weighted by Crippen LogP contribution is 2.28. The van der Waals surface area contributed by atoms with Crippen molar-refractivity contribution in [3.05, 3.63) is 40.9 Å². The minimum Gasteiger partial charge on any atom is -0.497 e. The van der Waals surface area contributed by atoms with Crippen molar-refractivity contribution in [1.82, 2.24) is 4.98 Å². The molecule has 1 amide bonds. The Morgan fingerprint density at radius 1 is 1.44 bits per heavy atom. The standard InChI is InChI=1S/C13H12N2O2S/c1-17-10-2-3-11-9(8-10)4-6-15(12(11)16)13-14-5-7-18-13/h2-3,5,7-8H,4,6H2,1H3. The molecule has 0 atom stereocenters.